The third-order valence-electron chi connectivity index (χ3n) is 7.54. The van der Waals surface area contributed by atoms with E-state index in [1.54, 1.807) is 11.8 Å². The SMILES string of the molecule is CCn1c2ccc(C(=O)/C(CCSc3ccccc3C)=N/CC(C)=O)cc2c2cc(C(=O)c3ccccc3C)ccc21. The van der Waals surface area contributed by atoms with Gasteiger partial charge < -0.3 is 4.57 Å². The molecule has 0 amide bonds. The van der Waals surface area contributed by atoms with Crippen LogP contribution in [-0.2, 0) is 11.3 Å². The monoisotopic (exact) mass is 574 g/mol. The molecule has 0 fully saturated rings. The Balaban J connectivity index is 1.51. The zero-order valence-electron chi connectivity index (χ0n) is 24.4. The van der Waals surface area contributed by atoms with Crippen molar-refractivity contribution in [1.82, 2.24) is 4.57 Å². The molecule has 0 aliphatic carbocycles. The minimum atomic E-state index is -0.173. The highest BCUT2D eigenvalue weighted by Crippen LogP contribution is 2.32. The van der Waals surface area contributed by atoms with Gasteiger partial charge in [0.1, 0.15) is 0 Å². The summed E-state index contributed by atoms with van der Waals surface area (Å²) in [6.45, 7) is 8.31. The number of hydrogen-bond acceptors (Lipinski definition) is 5. The smallest absolute Gasteiger partial charge is 0.206 e. The Morgan fingerprint density at radius 1 is 0.786 bits per heavy atom. The van der Waals surface area contributed by atoms with E-state index >= 15 is 0 Å². The average molecular weight is 575 g/mol. The van der Waals surface area contributed by atoms with Crippen molar-refractivity contribution in [2.75, 3.05) is 12.3 Å². The van der Waals surface area contributed by atoms with Crippen LogP contribution in [0.5, 0.6) is 0 Å². The molecule has 5 aromatic rings. The van der Waals surface area contributed by atoms with Gasteiger partial charge in [0.25, 0.3) is 0 Å². The van der Waals surface area contributed by atoms with E-state index in [9.17, 15) is 14.4 Å². The highest BCUT2D eigenvalue weighted by atomic mass is 32.2. The predicted octanol–water partition coefficient (Wildman–Crippen LogP) is 8.06. The van der Waals surface area contributed by atoms with Crippen LogP contribution in [0.3, 0.4) is 0 Å². The summed E-state index contributed by atoms with van der Waals surface area (Å²) in [5.41, 5.74) is 6.36. The van der Waals surface area contributed by atoms with Gasteiger partial charge >= 0.3 is 0 Å². The second-order valence-electron chi connectivity index (χ2n) is 10.5. The van der Waals surface area contributed by atoms with E-state index in [-0.39, 0.29) is 23.9 Å². The molecule has 4 aromatic carbocycles. The van der Waals surface area contributed by atoms with Gasteiger partial charge in [0, 0.05) is 62.1 Å². The zero-order chi connectivity index (χ0) is 29.8. The summed E-state index contributed by atoms with van der Waals surface area (Å²) in [5.74, 6) is 0.395. The Morgan fingerprint density at radius 2 is 1.40 bits per heavy atom. The Hall–Kier alpha value is -4.29. The fraction of sp³-hybridized carbons (Fsp3) is 0.222. The van der Waals surface area contributed by atoms with Crippen LogP contribution in [0.1, 0.15) is 57.7 Å². The first-order chi connectivity index (χ1) is 20.3. The Morgan fingerprint density at radius 3 is 2.05 bits per heavy atom. The van der Waals surface area contributed by atoms with Gasteiger partial charge in [-0.2, -0.15) is 0 Å². The number of benzene rings is 4. The molecule has 0 aliphatic rings. The molecule has 5 rings (SSSR count). The number of aryl methyl sites for hydroxylation is 3. The van der Waals surface area contributed by atoms with Crippen LogP contribution in [0, 0.1) is 13.8 Å². The summed E-state index contributed by atoms with van der Waals surface area (Å²) < 4.78 is 2.20. The lowest BCUT2D eigenvalue weighted by Crippen LogP contribution is -2.17. The fourth-order valence-corrected chi connectivity index (χ4v) is 6.31. The van der Waals surface area contributed by atoms with Gasteiger partial charge in [0.05, 0.1) is 12.3 Å². The lowest BCUT2D eigenvalue weighted by Gasteiger charge is -2.09. The summed E-state index contributed by atoms with van der Waals surface area (Å²) in [6.07, 6.45) is 0.453. The first-order valence-corrected chi connectivity index (χ1v) is 15.2. The highest BCUT2D eigenvalue weighted by Gasteiger charge is 2.19. The van der Waals surface area contributed by atoms with Crippen molar-refractivity contribution in [3.05, 3.63) is 113 Å². The van der Waals surface area contributed by atoms with Crippen molar-refractivity contribution in [3.63, 3.8) is 0 Å². The van der Waals surface area contributed by atoms with Gasteiger partial charge in [-0.1, -0.05) is 42.5 Å². The van der Waals surface area contributed by atoms with Crippen LogP contribution in [0.2, 0.25) is 0 Å². The molecule has 212 valence electrons. The minimum absolute atomic E-state index is 0.0160. The van der Waals surface area contributed by atoms with Gasteiger partial charge in [-0.05, 0) is 81.3 Å². The first-order valence-electron chi connectivity index (χ1n) is 14.2. The fourth-order valence-electron chi connectivity index (χ4n) is 5.32. The number of carbonyl (C=O) groups is 3. The van der Waals surface area contributed by atoms with E-state index in [1.807, 2.05) is 79.7 Å². The van der Waals surface area contributed by atoms with Gasteiger partial charge in [-0.15, -0.1) is 11.8 Å². The zero-order valence-corrected chi connectivity index (χ0v) is 25.3. The van der Waals surface area contributed by atoms with Crippen LogP contribution in [-0.4, -0.2) is 39.9 Å². The molecule has 5 nitrogen and oxygen atoms in total. The minimum Gasteiger partial charge on any atom is -0.341 e. The van der Waals surface area contributed by atoms with E-state index < -0.39 is 0 Å². The molecule has 0 unspecified atom stereocenters. The normalized spacial score (nSPS) is 11.8. The van der Waals surface area contributed by atoms with E-state index in [2.05, 4.69) is 35.5 Å². The number of Topliss-reactive ketones (excluding diaryl/α,β-unsaturated/α-hetero) is 2. The first kappa shape index (κ1) is 29.2. The number of hydrogen-bond donors (Lipinski definition) is 0. The maximum Gasteiger partial charge on any atom is 0.206 e. The molecule has 0 aliphatic heterocycles. The van der Waals surface area contributed by atoms with Crippen LogP contribution in [0.4, 0.5) is 0 Å². The maximum atomic E-state index is 13.8. The van der Waals surface area contributed by atoms with Crippen molar-refractivity contribution >= 4 is 56.6 Å². The van der Waals surface area contributed by atoms with E-state index in [4.69, 9.17) is 0 Å². The van der Waals surface area contributed by atoms with E-state index in [1.165, 1.54) is 17.4 Å². The quantitative estimate of drug-likeness (QED) is 0.0909. The predicted molar refractivity (Wildman–Crippen MR) is 174 cm³/mol. The van der Waals surface area contributed by atoms with Crippen molar-refractivity contribution in [3.8, 4) is 0 Å². The van der Waals surface area contributed by atoms with Crippen molar-refractivity contribution in [1.29, 1.82) is 0 Å². The molecule has 0 saturated heterocycles. The highest BCUT2D eigenvalue weighted by molar-refractivity contribution is 7.99. The number of rotatable bonds is 11. The lowest BCUT2D eigenvalue weighted by molar-refractivity contribution is -0.115. The number of thioether (sulfide) groups is 1. The van der Waals surface area contributed by atoms with Crippen LogP contribution < -0.4 is 0 Å². The summed E-state index contributed by atoms with van der Waals surface area (Å²) >= 11 is 1.68. The Kier molecular flexibility index (Phi) is 8.83. The van der Waals surface area contributed by atoms with E-state index in [0.29, 0.717) is 34.6 Å². The molecule has 6 heteroatoms. The van der Waals surface area contributed by atoms with Gasteiger partial charge in [0.15, 0.2) is 11.6 Å². The lowest BCUT2D eigenvalue weighted by atomic mass is 9.97. The third-order valence-corrected chi connectivity index (χ3v) is 8.72. The summed E-state index contributed by atoms with van der Waals surface area (Å²) in [4.78, 5) is 44.6. The largest absolute Gasteiger partial charge is 0.341 e. The van der Waals surface area contributed by atoms with Gasteiger partial charge in [0.2, 0.25) is 5.78 Å². The Labute approximate surface area is 250 Å². The number of fused-ring (bicyclic) bond motifs is 3. The second kappa shape index (κ2) is 12.7. The Bertz CT molecular complexity index is 1860. The topological polar surface area (TPSA) is 68.5 Å². The number of ketones is 3. The van der Waals surface area contributed by atoms with E-state index in [0.717, 1.165) is 33.9 Å². The number of aliphatic imine (C=N–C) groups is 1. The molecule has 0 bridgehead atoms. The third kappa shape index (κ3) is 6.00. The summed E-state index contributed by atoms with van der Waals surface area (Å²) in [5, 5.41) is 1.84. The molecular formula is C36H34N2O3S. The van der Waals surface area contributed by atoms with Crippen molar-refractivity contribution in [2.24, 2.45) is 4.99 Å². The molecule has 1 heterocycles. The molecule has 0 saturated carbocycles. The molecule has 0 spiro atoms. The van der Waals surface area contributed by atoms with Gasteiger partial charge in [-0.3, -0.25) is 19.4 Å². The number of carbonyl (C=O) groups excluding carboxylic acids is 3. The molecule has 0 radical (unpaired) electrons. The maximum absolute atomic E-state index is 13.8. The molecule has 0 atom stereocenters. The van der Waals surface area contributed by atoms with Crippen LogP contribution in [0.15, 0.2) is 94.8 Å². The second-order valence-corrected chi connectivity index (χ2v) is 11.6. The van der Waals surface area contributed by atoms with Crippen molar-refractivity contribution < 1.29 is 14.4 Å². The van der Waals surface area contributed by atoms with Crippen LogP contribution >= 0.6 is 11.8 Å². The number of aromatic nitrogens is 1. The molecule has 0 N–H and O–H groups in total. The average Bonchev–Trinajstić information content (AvgIpc) is 3.31. The van der Waals surface area contributed by atoms with Crippen LogP contribution in [0.25, 0.3) is 21.8 Å². The van der Waals surface area contributed by atoms with Crippen molar-refractivity contribution in [2.45, 2.75) is 45.6 Å². The number of nitrogens with zero attached hydrogens (tertiary/aromatic N) is 2. The molecule has 42 heavy (non-hydrogen) atoms. The summed E-state index contributed by atoms with van der Waals surface area (Å²) in [7, 11) is 0. The standard InChI is InChI=1S/C36H34N2O3S/c1-5-38-32-16-14-26(35(40)28-12-8-6-10-23(28)2)20-29(32)30-21-27(15-17-33(30)38)36(41)31(37-22-25(4)39)18-19-42-34-13-9-7-11-24(34)3/h6-17,20-21H,5,18-19,22H2,1-4H3/b37-31+. The summed E-state index contributed by atoms with van der Waals surface area (Å²) in [6, 6.07) is 27.3. The van der Waals surface area contributed by atoms with Gasteiger partial charge in [-0.25, -0.2) is 0 Å². The molecule has 1 aromatic heterocycles. The molecular weight excluding hydrogens is 540 g/mol.